The lowest BCUT2D eigenvalue weighted by Crippen LogP contribution is -2.38. The molecule has 1 aromatic rings. The fourth-order valence-corrected chi connectivity index (χ4v) is 1.78. The minimum Gasteiger partial charge on any atom is -0.392 e. The van der Waals surface area contributed by atoms with E-state index in [4.69, 9.17) is 41.2 Å². The van der Waals surface area contributed by atoms with Crippen molar-refractivity contribution in [3.8, 4) is 0 Å². The van der Waals surface area contributed by atoms with Crippen LogP contribution < -0.4 is 5.73 Å². The van der Waals surface area contributed by atoms with Crippen LogP contribution in [-0.4, -0.2) is 23.0 Å². The van der Waals surface area contributed by atoms with Gasteiger partial charge in [0.25, 0.3) is 0 Å². The van der Waals surface area contributed by atoms with Gasteiger partial charge in [-0.3, -0.25) is 4.90 Å². The van der Waals surface area contributed by atoms with Crippen molar-refractivity contribution in [3.63, 3.8) is 0 Å². The highest BCUT2D eigenvalue weighted by Crippen LogP contribution is 2.23. The molecule has 5 heteroatoms. The third-order valence-electron chi connectivity index (χ3n) is 2.49. The summed E-state index contributed by atoms with van der Waals surface area (Å²) in [5.74, 6) is 0. The van der Waals surface area contributed by atoms with Crippen molar-refractivity contribution in [1.82, 2.24) is 4.90 Å². The lowest BCUT2D eigenvalue weighted by molar-refractivity contribution is 0.304. The van der Waals surface area contributed by atoms with Crippen molar-refractivity contribution in [3.05, 3.63) is 33.8 Å². The molecule has 88 valence electrons. The molecule has 16 heavy (non-hydrogen) atoms. The first-order valence-electron chi connectivity index (χ1n) is 4.85. The molecule has 0 saturated heterocycles. The Hall–Kier alpha value is -0.350. The maximum absolute atomic E-state index is 5.94. The summed E-state index contributed by atoms with van der Waals surface area (Å²) in [6, 6.07) is 5.65. The first-order chi connectivity index (χ1) is 7.41. The first kappa shape index (κ1) is 13.7. The van der Waals surface area contributed by atoms with Gasteiger partial charge in [0.05, 0.1) is 21.1 Å². The SMILES string of the molecule is CC(C(N)=S)N(C)Cc1ccc(Cl)c(Cl)c1. The average molecular weight is 277 g/mol. The van der Waals surface area contributed by atoms with Crippen molar-refractivity contribution in [1.29, 1.82) is 0 Å². The Morgan fingerprint density at radius 3 is 2.56 bits per heavy atom. The monoisotopic (exact) mass is 276 g/mol. The Kier molecular flexibility index (Phi) is 4.99. The number of rotatable bonds is 4. The Labute approximate surface area is 111 Å². The Balaban J connectivity index is 2.73. The maximum Gasteiger partial charge on any atom is 0.0899 e. The minimum atomic E-state index is 0.0597. The number of benzene rings is 1. The number of hydrogen-bond donors (Lipinski definition) is 1. The van der Waals surface area contributed by atoms with Crippen LogP contribution in [-0.2, 0) is 6.54 Å². The highest BCUT2D eigenvalue weighted by Gasteiger charge is 2.12. The van der Waals surface area contributed by atoms with Crippen molar-refractivity contribution in [2.75, 3.05) is 7.05 Å². The van der Waals surface area contributed by atoms with Crippen LogP contribution in [0.15, 0.2) is 18.2 Å². The molecule has 1 rings (SSSR count). The molecule has 0 aliphatic heterocycles. The van der Waals surface area contributed by atoms with Gasteiger partial charge < -0.3 is 5.73 Å². The molecular weight excluding hydrogens is 263 g/mol. The van der Waals surface area contributed by atoms with Gasteiger partial charge in [0.15, 0.2) is 0 Å². The third kappa shape index (κ3) is 3.59. The van der Waals surface area contributed by atoms with E-state index in [1.807, 2.05) is 26.1 Å². The van der Waals surface area contributed by atoms with E-state index >= 15 is 0 Å². The van der Waals surface area contributed by atoms with Gasteiger partial charge >= 0.3 is 0 Å². The van der Waals surface area contributed by atoms with E-state index in [0.29, 0.717) is 15.0 Å². The zero-order valence-corrected chi connectivity index (χ0v) is 11.5. The van der Waals surface area contributed by atoms with Crippen LogP contribution in [0.5, 0.6) is 0 Å². The Morgan fingerprint density at radius 2 is 2.06 bits per heavy atom. The smallest absolute Gasteiger partial charge is 0.0899 e. The van der Waals surface area contributed by atoms with E-state index < -0.39 is 0 Å². The van der Waals surface area contributed by atoms with Gasteiger partial charge in [-0.1, -0.05) is 41.5 Å². The van der Waals surface area contributed by atoms with Crippen LogP contribution in [0.25, 0.3) is 0 Å². The topological polar surface area (TPSA) is 29.3 Å². The van der Waals surface area contributed by atoms with Crippen molar-refractivity contribution < 1.29 is 0 Å². The molecule has 0 bridgehead atoms. The molecular formula is C11H14Cl2N2S. The first-order valence-corrected chi connectivity index (χ1v) is 6.01. The fourth-order valence-electron chi connectivity index (χ4n) is 1.28. The zero-order chi connectivity index (χ0) is 12.3. The summed E-state index contributed by atoms with van der Waals surface area (Å²) in [5.41, 5.74) is 6.67. The van der Waals surface area contributed by atoms with Crippen LogP contribution in [0.4, 0.5) is 0 Å². The Morgan fingerprint density at radius 1 is 1.44 bits per heavy atom. The molecule has 1 aromatic carbocycles. The molecule has 2 nitrogen and oxygen atoms in total. The van der Waals surface area contributed by atoms with Crippen LogP contribution >= 0.6 is 35.4 Å². The summed E-state index contributed by atoms with van der Waals surface area (Å²) in [7, 11) is 1.96. The molecule has 0 aromatic heterocycles. The van der Waals surface area contributed by atoms with E-state index in [1.54, 1.807) is 6.07 Å². The molecule has 1 unspecified atom stereocenters. The lowest BCUT2D eigenvalue weighted by atomic mass is 10.2. The molecule has 0 aliphatic carbocycles. The quantitative estimate of drug-likeness (QED) is 0.857. The number of nitrogens with zero attached hydrogens (tertiary/aromatic N) is 1. The van der Waals surface area contributed by atoms with E-state index in [0.717, 1.165) is 12.1 Å². The second-order valence-corrected chi connectivity index (χ2v) is 5.03. The van der Waals surface area contributed by atoms with Crippen molar-refractivity contribution in [2.24, 2.45) is 5.73 Å². The van der Waals surface area contributed by atoms with Gasteiger partial charge in [0.1, 0.15) is 0 Å². The Bertz CT molecular complexity index is 396. The summed E-state index contributed by atoms with van der Waals surface area (Å²) < 4.78 is 0. The van der Waals surface area contributed by atoms with Crippen LogP contribution in [0.1, 0.15) is 12.5 Å². The van der Waals surface area contributed by atoms with Gasteiger partial charge in [-0.25, -0.2) is 0 Å². The van der Waals surface area contributed by atoms with E-state index in [1.165, 1.54) is 0 Å². The van der Waals surface area contributed by atoms with Crippen LogP contribution in [0, 0.1) is 0 Å². The molecule has 0 spiro atoms. The van der Waals surface area contributed by atoms with E-state index in [9.17, 15) is 0 Å². The van der Waals surface area contributed by atoms with E-state index in [2.05, 4.69) is 4.90 Å². The highest BCUT2D eigenvalue weighted by molar-refractivity contribution is 7.80. The number of hydrogen-bond acceptors (Lipinski definition) is 2. The second kappa shape index (κ2) is 5.82. The molecule has 0 heterocycles. The third-order valence-corrected chi connectivity index (χ3v) is 3.57. The minimum absolute atomic E-state index is 0.0597. The number of thiocarbonyl (C=S) groups is 1. The summed E-state index contributed by atoms with van der Waals surface area (Å²) in [5, 5.41) is 1.13. The lowest BCUT2D eigenvalue weighted by Gasteiger charge is -2.23. The summed E-state index contributed by atoms with van der Waals surface area (Å²) in [6.45, 7) is 2.70. The van der Waals surface area contributed by atoms with Crippen molar-refractivity contribution in [2.45, 2.75) is 19.5 Å². The predicted octanol–water partition coefficient (Wildman–Crippen LogP) is 3.10. The van der Waals surface area contributed by atoms with Crippen molar-refractivity contribution >= 4 is 40.4 Å². The molecule has 0 radical (unpaired) electrons. The standard InChI is InChI=1S/C11H14Cl2N2S/c1-7(11(14)16)15(2)6-8-3-4-9(12)10(13)5-8/h3-5,7H,6H2,1-2H3,(H2,14,16). The molecule has 0 fully saturated rings. The molecule has 1 atom stereocenters. The molecule has 0 saturated carbocycles. The van der Waals surface area contributed by atoms with Gasteiger partial charge in [-0.2, -0.15) is 0 Å². The van der Waals surface area contributed by atoms with E-state index in [-0.39, 0.29) is 6.04 Å². The normalized spacial score (nSPS) is 12.8. The molecule has 0 amide bonds. The van der Waals surface area contributed by atoms with Gasteiger partial charge in [0, 0.05) is 6.54 Å². The highest BCUT2D eigenvalue weighted by atomic mass is 35.5. The zero-order valence-electron chi connectivity index (χ0n) is 9.21. The van der Waals surface area contributed by atoms with Crippen LogP contribution in [0.3, 0.4) is 0 Å². The summed E-state index contributed by atoms with van der Waals surface area (Å²) in [6.07, 6.45) is 0. The van der Waals surface area contributed by atoms with Crippen LogP contribution in [0.2, 0.25) is 10.0 Å². The predicted molar refractivity (Wildman–Crippen MR) is 74.2 cm³/mol. The number of halogens is 2. The average Bonchev–Trinajstić information content (AvgIpc) is 2.22. The largest absolute Gasteiger partial charge is 0.392 e. The van der Waals surface area contributed by atoms with Gasteiger partial charge in [-0.05, 0) is 31.7 Å². The molecule has 0 aliphatic rings. The number of nitrogens with two attached hydrogens (primary N) is 1. The molecule has 2 N–H and O–H groups in total. The van der Waals surface area contributed by atoms with Gasteiger partial charge in [0.2, 0.25) is 0 Å². The maximum atomic E-state index is 5.94. The summed E-state index contributed by atoms with van der Waals surface area (Å²) in [4.78, 5) is 2.55. The second-order valence-electron chi connectivity index (χ2n) is 3.74. The van der Waals surface area contributed by atoms with Gasteiger partial charge in [-0.15, -0.1) is 0 Å². The summed E-state index contributed by atoms with van der Waals surface area (Å²) >= 11 is 16.7. The fraction of sp³-hybridized carbons (Fsp3) is 0.364. The number of likely N-dealkylation sites (N-methyl/N-ethyl adjacent to an activating group) is 1.